The number of amides is 1. The fraction of sp³-hybridized carbons (Fsp3) is 0.222. The van der Waals surface area contributed by atoms with Crippen LogP contribution in [-0.2, 0) is 0 Å². The predicted molar refractivity (Wildman–Crippen MR) is 44.4 cm³/mol. The van der Waals surface area contributed by atoms with Crippen LogP contribution in [0.3, 0.4) is 0 Å². The highest BCUT2D eigenvalue weighted by molar-refractivity contribution is 5.94. The average Bonchev–Trinajstić information content (AvgIpc) is 1.96. The SMILES string of the molecule is Cc1cc(F)cc(C(N)=O)c1C. The van der Waals surface area contributed by atoms with E-state index in [1.54, 1.807) is 13.8 Å². The molecule has 0 saturated carbocycles. The number of hydrogen-bond acceptors (Lipinski definition) is 1. The minimum absolute atomic E-state index is 0.257. The summed E-state index contributed by atoms with van der Waals surface area (Å²) in [5.41, 5.74) is 6.78. The van der Waals surface area contributed by atoms with Crippen LogP contribution in [0, 0.1) is 19.7 Å². The molecule has 1 aromatic rings. The van der Waals surface area contributed by atoms with Gasteiger partial charge in [0.2, 0.25) is 5.91 Å². The van der Waals surface area contributed by atoms with Crippen molar-refractivity contribution in [3.63, 3.8) is 0 Å². The molecule has 0 heterocycles. The van der Waals surface area contributed by atoms with E-state index in [-0.39, 0.29) is 5.56 Å². The molecule has 1 aromatic carbocycles. The van der Waals surface area contributed by atoms with Gasteiger partial charge in [-0.05, 0) is 37.1 Å². The number of halogens is 1. The van der Waals surface area contributed by atoms with Gasteiger partial charge in [0, 0.05) is 5.56 Å². The monoisotopic (exact) mass is 167 g/mol. The van der Waals surface area contributed by atoms with Crippen molar-refractivity contribution in [3.8, 4) is 0 Å². The Kier molecular flexibility index (Phi) is 2.13. The maximum absolute atomic E-state index is 12.8. The third kappa shape index (κ3) is 1.44. The second-order valence-corrected chi connectivity index (χ2v) is 2.76. The summed E-state index contributed by atoms with van der Waals surface area (Å²) >= 11 is 0. The van der Waals surface area contributed by atoms with E-state index in [1.807, 2.05) is 0 Å². The van der Waals surface area contributed by atoms with Crippen molar-refractivity contribution in [3.05, 3.63) is 34.6 Å². The normalized spacial score (nSPS) is 9.92. The number of carbonyl (C=O) groups excluding carboxylic acids is 1. The molecule has 0 spiro atoms. The molecule has 0 bridgehead atoms. The summed E-state index contributed by atoms with van der Waals surface area (Å²) in [6.07, 6.45) is 0. The first-order chi connectivity index (χ1) is 5.52. The molecule has 1 amide bonds. The van der Waals surface area contributed by atoms with Gasteiger partial charge in [-0.15, -0.1) is 0 Å². The maximum atomic E-state index is 12.8. The molecule has 0 unspecified atom stereocenters. The second kappa shape index (κ2) is 2.93. The number of benzene rings is 1. The zero-order valence-electron chi connectivity index (χ0n) is 7.02. The molecule has 0 fully saturated rings. The Morgan fingerprint density at radius 2 is 2.00 bits per heavy atom. The Bertz CT molecular complexity index is 334. The number of rotatable bonds is 1. The van der Waals surface area contributed by atoms with E-state index >= 15 is 0 Å². The zero-order valence-corrected chi connectivity index (χ0v) is 7.02. The topological polar surface area (TPSA) is 43.1 Å². The Hall–Kier alpha value is -1.38. The van der Waals surface area contributed by atoms with E-state index in [1.165, 1.54) is 6.07 Å². The lowest BCUT2D eigenvalue weighted by Crippen LogP contribution is -2.13. The van der Waals surface area contributed by atoms with Crippen molar-refractivity contribution in [2.45, 2.75) is 13.8 Å². The highest BCUT2D eigenvalue weighted by atomic mass is 19.1. The van der Waals surface area contributed by atoms with Crippen LogP contribution in [-0.4, -0.2) is 5.91 Å². The third-order valence-corrected chi connectivity index (χ3v) is 1.90. The Morgan fingerprint density at radius 3 is 2.50 bits per heavy atom. The van der Waals surface area contributed by atoms with Gasteiger partial charge in [-0.25, -0.2) is 4.39 Å². The molecule has 64 valence electrons. The molecule has 2 N–H and O–H groups in total. The van der Waals surface area contributed by atoms with Crippen LogP contribution >= 0.6 is 0 Å². The molecule has 1 rings (SSSR count). The van der Waals surface area contributed by atoms with Crippen LogP contribution in [0.15, 0.2) is 12.1 Å². The number of nitrogens with two attached hydrogens (primary N) is 1. The van der Waals surface area contributed by atoms with E-state index < -0.39 is 11.7 Å². The average molecular weight is 167 g/mol. The number of aryl methyl sites for hydroxylation is 1. The van der Waals surface area contributed by atoms with Gasteiger partial charge in [-0.2, -0.15) is 0 Å². The Balaban J connectivity index is 3.37. The van der Waals surface area contributed by atoms with E-state index in [2.05, 4.69) is 0 Å². The van der Waals surface area contributed by atoms with Gasteiger partial charge in [-0.3, -0.25) is 4.79 Å². The van der Waals surface area contributed by atoms with Gasteiger partial charge < -0.3 is 5.73 Å². The van der Waals surface area contributed by atoms with Crippen LogP contribution in [0.1, 0.15) is 21.5 Å². The number of primary amides is 1. The van der Waals surface area contributed by atoms with E-state index in [4.69, 9.17) is 5.73 Å². The van der Waals surface area contributed by atoms with Crippen LogP contribution in [0.4, 0.5) is 4.39 Å². The molecule has 12 heavy (non-hydrogen) atoms. The molecule has 0 aromatic heterocycles. The first kappa shape index (κ1) is 8.71. The molecule has 0 aliphatic rings. The van der Waals surface area contributed by atoms with Gasteiger partial charge in [0.1, 0.15) is 5.82 Å². The summed E-state index contributed by atoms with van der Waals surface area (Å²) < 4.78 is 12.8. The second-order valence-electron chi connectivity index (χ2n) is 2.76. The predicted octanol–water partition coefficient (Wildman–Crippen LogP) is 1.54. The van der Waals surface area contributed by atoms with Crippen molar-refractivity contribution < 1.29 is 9.18 Å². The molecular formula is C9H10FNO. The quantitative estimate of drug-likeness (QED) is 0.677. The summed E-state index contributed by atoms with van der Waals surface area (Å²) in [6.45, 7) is 3.49. The summed E-state index contributed by atoms with van der Waals surface area (Å²) in [5.74, 6) is -1.01. The molecule has 0 aliphatic heterocycles. The highest BCUT2D eigenvalue weighted by Crippen LogP contribution is 2.14. The molecule has 0 radical (unpaired) electrons. The minimum Gasteiger partial charge on any atom is -0.366 e. The van der Waals surface area contributed by atoms with Crippen molar-refractivity contribution >= 4 is 5.91 Å². The third-order valence-electron chi connectivity index (χ3n) is 1.90. The Labute approximate surface area is 70.2 Å². The fourth-order valence-electron chi connectivity index (χ4n) is 1.07. The summed E-state index contributed by atoms with van der Waals surface area (Å²) in [5, 5.41) is 0. The van der Waals surface area contributed by atoms with Crippen LogP contribution in [0.5, 0.6) is 0 Å². The molecule has 3 heteroatoms. The largest absolute Gasteiger partial charge is 0.366 e. The fourth-order valence-corrected chi connectivity index (χ4v) is 1.07. The smallest absolute Gasteiger partial charge is 0.249 e. The van der Waals surface area contributed by atoms with E-state index in [0.29, 0.717) is 0 Å². The minimum atomic E-state index is -0.588. The first-order valence-corrected chi connectivity index (χ1v) is 3.59. The van der Waals surface area contributed by atoms with E-state index in [9.17, 15) is 9.18 Å². The number of hydrogen-bond donors (Lipinski definition) is 1. The van der Waals surface area contributed by atoms with Crippen LogP contribution < -0.4 is 5.73 Å². The van der Waals surface area contributed by atoms with E-state index in [0.717, 1.165) is 17.2 Å². The Morgan fingerprint density at radius 1 is 1.42 bits per heavy atom. The summed E-state index contributed by atoms with van der Waals surface area (Å²) in [6, 6.07) is 2.53. The van der Waals surface area contributed by atoms with Gasteiger partial charge in [0.25, 0.3) is 0 Å². The highest BCUT2D eigenvalue weighted by Gasteiger charge is 2.08. The van der Waals surface area contributed by atoms with Crippen molar-refractivity contribution in [1.29, 1.82) is 0 Å². The van der Waals surface area contributed by atoms with Crippen molar-refractivity contribution in [2.24, 2.45) is 5.73 Å². The van der Waals surface area contributed by atoms with Gasteiger partial charge in [-0.1, -0.05) is 0 Å². The molecule has 0 aliphatic carbocycles. The molecule has 2 nitrogen and oxygen atoms in total. The van der Waals surface area contributed by atoms with Crippen LogP contribution in [0.25, 0.3) is 0 Å². The maximum Gasteiger partial charge on any atom is 0.249 e. The zero-order chi connectivity index (χ0) is 9.30. The van der Waals surface area contributed by atoms with Gasteiger partial charge in [0.15, 0.2) is 0 Å². The van der Waals surface area contributed by atoms with Crippen molar-refractivity contribution in [2.75, 3.05) is 0 Å². The van der Waals surface area contributed by atoms with Crippen LogP contribution in [0.2, 0.25) is 0 Å². The summed E-state index contributed by atoms with van der Waals surface area (Å²) in [4.78, 5) is 10.8. The number of carbonyl (C=O) groups is 1. The standard InChI is InChI=1S/C9H10FNO/c1-5-3-7(10)4-8(6(5)2)9(11)12/h3-4H,1-2H3,(H2,11,12). The molecular weight excluding hydrogens is 157 g/mol. The molecule has 0 saturated heterocycles. The van der Waals surface area contributed by atoms with Gasteiger partial charge in [0.05, 0.1) is 0 Å². The summed E-state index contributed by atoms with van der Waals surface area (Å²) in [7, 11) is 0. The van der Waals surface area contributed by atoms with Crippen molar-refractivity contribution in [1.82, 2.24) is 0 Å². The lowest BCUT2D eigenvalue weighted by atomic mass is 10.0. The lowest BCUT2D eigenvalue weighted by molar-refractivity contribution is 0.0999. The van der Waals surface area contributed by atoms with Gasteiger partial charge >= 0.3 is 0 Å². The lowest BCUT2D eigenvalue weighted by Gasteiger charge is -2.04. The molecule has 0 atom stereocenters. The first-order valence-electron chi connectivity index (χ1n) is 3.59.